The van der Waals surface area contributed by atoms with Gasteiger partial charge in [-0.15, -0.1) is 0 Å². The van der Waals surface area contributed by atoms with Gasteiger partial charge in [-0.3, -0.25) is 4.79 Å². The summed E-state index contributed by atoms with van der Waals surface area (Å²) in [6, 6.07) is 6.12. The molecule has 1 aromatic heterocycles. The number of anilines is 1. The summed E-state index contributed by atoms with van der Waals surface area (Å²) in [5, 5.41) is 2.32. The average Bonchev–Trinajstić information content (AvgIpc) is 2.81. The van der Waals surface area contributed by atoms with E-state index in [0.29, 0.717) is 18.2 Å². The Balaban J connectivity index is 2.16. The Hall–Kier alpha value is -2.17. The topological polar surface area (TPSA) is 42.2 Å². The molecule has 94 valence electrons. The largest absolute Gasteiger partial charge is 0.456 e. The van der Waals surface area contributed by atoms with Crippen LogP contribution in [0.25, 0.3) is 0 Å². The number of halogens is 2. The van der Waals surface area contributed by atoms with Gasteiger partial charge in [-0.05, 0) is 24.3 Å². The first-order chi connectivity index (χ1) is 8.60. The summed E-state index contributed by atoms with van der Waals surface area (Å²) in [5.74, 6) is -1.34. The zero-order chi connectivity index (χ0) is 13.1. The quantitative estimate of drug-likeness (QED) is 0.908. The van der Waals surface area contributed by atoms with Gasteiger partial charge in [-0.2, -0.15) is 0 Å². The standard InChI is InChI=1S/C13H11F2NO2/c1-2-9-4-6-12(18-9)13(17)16-11-5-3-8(14)7-10(11)15/h3-7H,2H2,1H3,(H,16,17). The summed E-state index contributed by atoms with van der Waals surface area (Å²) in [6.45, 7) is 1.89. The summed E-state index contributed by atoms with van der Waals surface area (Å²) in [5.41, 5.74) is -0.0872. The molecule has 18 heavy (non-hydrogen) atoms. The van der Waals surface area contributed by atoms with Gasteiger partial charge in [-0.25, -0.2) is 8.78 Å². The maximum absolute atomic E-state index is 13.3. The van der Waals surface area contributed by atoms with Gasteiger partial charge in [0.25, 0.3) is 5.91 Å². The van der Waals surface area contributed by atoms with E-state index in [2.05, 4.69) is 5.32 Å². The van der Waals surface area contributed by atoms with Gasteiger partial charge >= 0.3 is 0 Å². The van der Waals surface area contributed by atoms with E-state index >= 15 is 0 Å². The fourth-order valence-electron chi connectivity index (χ4n) is 1.46. The van der Waals surface area contributed by atoms with E-state index < -0.39 is 17.5 Å². The molecule has 1 amide bonds. The molecule has 2 aromatic rings. The lowest BCUT2D eigenvalue weighted by Crippen LogP contribution is -2.12. The summed E-state index contributed by atoms with van der Waals surface area (Å²) >= 11 is 0. The first kappa shape index (κ1) is 12.3. The van der Waals surface area contributed by atoms with E-state index in [4.69, 9.17) is 4.42 Å². The number of furan rings is 1. The third kappa shape index (κ3) is 2.56. The molecule has 0 spiro atoms. The fraction of sp³-hybridized carbons (Fsp3) is 0.154. The molecule has 1 N–H and O–H groups in total. The van der Waals surface area contributed by atoms with E-state index in [1.54, 1.807) is 6.07 Å². The van der Waals surface area contributed by atoms with Crippen molar-refractivity contribution in [1.29, 1.82) is 0 Å². The van der Waals surface area contributed by atoms with Gasteiger partial charge in [-0.1, -0.05) is 6.92 Å². The van der Waals surface area contributed by atoms with Crippen LogP contribution in [0.2, 0.25) is 0 Å². The second-order valence-corrected chi connectivity index (χ2v) is 3.70. The van der Waals surface area contributed by atoms with Crippen molar-refractivity contribution < 1.29 is 18.0 Å². The zero-order valence-electron chi connectivity index (χ0n) is 9.67. The number of carbonyl (C=O) groups excluding carboxylic acids is 1. The third-order valence-electron chi connectivity index (χ3n) is 2.41. The van der Waals surface area contributed by atoms with Crippen molar-refractivity contribution in [3.05, 3.63) is 53.5 Å². The molecule has 3 nitrogen and oxygen atoms in total. The Kier molecular flexibility index (Phi) is 3.41. The van der Waals surface area contributed by atoms with Gasteiger partial charge in [0.2, 0.25) is 0 Å². The molecule has 0 aliphatic rings. The van der Waals surface area contributed by atoms with Crippen molar-refractivity contribution >= 4 is 11.6 Å². The summed E-state index contributed by atoms with van der Waals surface area (Å²) in [7, 11) is 0. The Morgan fingerprint density at radius 1 is 1.28 bits per heavy atom. The molecule has 0 unspecified atom stereocenters. The number of aryl methyl sites for hydroxylation is 1. The molecule has 0 fully saturated rings. The number of hydrogen-bond acceptors (Lipinski definition) is 2. The SMILES string of the molecule is CCc1ccc(C(=O)Nc2ccc(F)cc2F)o1. The van der Waals surface area contributed by atoms with Crippen LogP contribution in [0, 0.1) is 11.6 Å². The zero-order valence-corrected chi connectivity index (χ0v) is 9.67. The third-order valence-corrected chi connectivity index (χ3v) is 2.41. The van der Waals surface area contributed by atoms with Crippen LogP contribution in [0.5, 0.6) is 0 Å². The van der Waals surface area contributed by atoms with E-state index in [1.807, 2.05) is 6.92 Å². The number of benzene rings is 1. The second kappa shape index (κ2) is 5.00. The normalized spacial score (nSPS) is 10.4. The molecule has 0 saturated carbocycles. The lowest BCUT2D eigenvalue weighted by molar-refractivity contribution is 0.0994. The van der Waals surface area contributed by atoms with Gasteiger partial charge in [0, 0.05) is 12.5 Å². The van der Waals surface area contributed by atoms with Gasteiger partial charge < -0.3 is 9.73 Å². The highest BCUT2D eigenvalue weighted by atomic mass is 19.1. The minimum absolute atomic E-state index is 0.0872. The van der Waals surface area contributed by atoms with Crippen molar-refractivity contribution in [2.75, 3.05) is 5.32 Å². The van der Waals surface area contributed by atoms with Gasteiger partial charge in [0.1, 0.15) is 17.4 Å². The number of amides is 1. The highest BCUT2D eigenvalue weighted by Gasteiger charge is 2.13. The maximum atomic E-state index is 13.3. The highest BCUT2D eigenvalue weighted by molar-refractivity contribution is 6.02. The fourth-order valence-corrected chi connectivity index (χ4v) is 1.46. The van der Waals surface area contributed by atoms with Crippen LogP contribution < -0.4 is 5.32 Å². The Morgan fingerprint density at radius 2 is 2.06 bits per heavy atom. The minimum atomic E-state index is -0.828. The summed E-state index contributed by atoms with van der Waals surface area (Å²) in [4.78, 5) is 11.7. The number of nitrogens with one attached hydrogen (secondary N) is 1. The average molecular weight is 251 g/mol. The molecule has 2 rings (SSSR count). The monoisotopic (exact) mass is 251 g/mol. The van der Waals surface area contributed by atoms with Crippen LogP contribution >= 0.6 is 0 Å². The molecule has 0 atom stereocenters. The Morgan fingerprint density at radius 3 is 2.67 bits per heavy atom. The van der Waals surface area contributed by atoms with Crippen molar-refractivity contribution in [1.82, 2.24) is 0 Å². The van der Waals surface area contributed by atoms with Crippen LogP contribution in [0.1, 0.15) is 23.2 Å². The molecule has 1 heterocycles. The predicted octanol–water partition coefficient (Wildman–Crippen LogP) is 3.37. The molecule has 0 aliphatic carbocycles. The van der Waals surface area contributed by atoms with Crippen LogP contribution in [-0.4, -0.2) is 5.91 Å². The molecule has 0 saturated heterocycles. The lowest BCUT2D eigenvalue weighted by atomic mass is 10.3. The minimum Gasteiger partial charge on any atom is -0.456 e. The van der Waals surface area contributed by atoms with E-state index in [0.717, 1.165) is 12.1 Å². The molecule has 1 aromatic carbocycles. The molecule has 0 bridgehead atoms. The Bertz CT molecular complexity index is 578. The first-order valence-electron chi connectivity index (χ1n) is 5.45. The van der Waals surface area contributed by atoms with Crippen molar-refractivity contribution in [3.63, 3.8) is 0 Å². The van der Waals surface area contributed by atoms with Crippen LogP contribution in [-0.2, 0) is 6.42 Å². The van der Waals surface area contributed by atoms with Crippen LogP contribution in [0.15, 0.2) is 34.7 Å². The Labute approximate surface area is 102 Å². The summed E-state index contributed by atoms with van der Waals surface area (Å²) in [6.07, 6.45) is 0.665. The van der Waals surface area contributed by atoms with Crippen LogP contribution in [0.3, 0.4) is 0 Å². The molecule has 0 aliphatic heterocycles. The molecule has 5 heteroatoms. The lowest BCUT2D eigenvalue weighted by Gasteiger charge is -2.04. The van der Waals surface area contributed by atoms with E-state index in [9.17, 15) is 13.6 Å². The van der Waals surface area contributed by atoms with Crippen molar-refractivity contribution in [2.24, 2.45) is 0 Å². The van der Waals surface area contributed by atoms with E-state index in [1.165, 1.54) is 6.07 Å². The van der Waals surface area contributed by atoms with Crippen molar-refractivity contribution in [3.8, 4) is 0 Å². The van der Waals surface area contributed by atoms with Crippen LogP contribution in [0.4, 0.5) is 14.5 Å². The number of carbonyl (C=O) groups is 1. The molecule has 0 radical (unpaired) electrons. The predicted molar refractivity (Wildman–Crippen MR) is 62.4 cm³/mol. The smallest absolute Gasteiger partial charge is 0.291 e. The number of rotatable bonds is 3. The van der Waals surface area contributed by atoms with Gasteiger partial charge in [0.05, 0.1) is 5.69 Å². The van der Waals surface area contributed by atoms with Gasteiger partial charge in [0.15, 0.2) is 5.76 Å². The van der Waals surface area contributed by atoms with E-state index in [-0.39, 0.29) is 11.4 Å². The first-order valence-corrected chi connectivity index (χ1v) is 5.45. The molecular weight excluding hydrogens is 240 g/mol. The maximum Gasteiger partial charge on any atom is 0.291 e. The number of hydrogen-bond donors (Lipinski definition) is 1. The summed E-state index contributed by atoms with van der Waals surface area (Å²) < 4.78 is 31.2. The highest BCUT2D eigenvalue weighted by Crippen LogP contribution is 2.17. The van der Waals surface area contributed by atoms with Crippen molar-refractivity contribution in [2.45, 2.75) is 13.3 Å². The second-order valence-electron chi connectivity index (χ2n) is 3.70. The molecular formula is C13H11F2NO2.